The minimum absolute atomic E-state index is 0.279. The summed E-state index contributed by atoms with van der Waals surface area (Å²) in [5.74, 6) is 0.850. The highest BCUT2D eigenvalue weighted by molar-refractivity contribution is 4.75. The van der Waals surface area contributed by atoms with E-state index < -0.39 is 0 Å². The van der Waals surface area contributed by atoms with Crippen LogP contribution in [0.15, 0.2) is 0 Å². The molecule has 0 aromatic rings. The average molecular weight is 127 g/mol. The average Bonchev–Trinajstić information content (AvgIpc) is 1.83. The Morgan fingerprint density at radius 3 is 1.89 bits per heavy atom. The largest absolute Gasteiger partial charge is 0.233 e. The fourth-order valence-corrected chi connectivity index (χ4v) is 1.65. The monoisotopic (exact) mass is 127 g/mol. The summed E-state index contributed by atoms with van der Waals surface area (Å²) >= 11 is 0. The van der Waals surface area contributed by atoms with Crippen molar-refractivity contribution >= 4 is 0 Å². The van der Waals surface area contributed by atoms with E-state index in [0.29, 0.717) is 11.8 Å². The van der Waals surface area contributed by atoms with Gasteiger partial charge in [-0.15, -0.1) is 0 Å². The molecule has 0 saturated heterocycles. The van der Waals surface area contributed by atoms with E-state index in [4.69, 9.17) is 0 Å². The standard InChI is InChI=1S/C8H15O/c1-6-4-3-5-7(2)8(6)9/h6-8H,3-5H2,1-2H3. The lowest BCUT2D eigenvalue weighted by molar-refractivity contribution is -0.0229. The molecule has 1 heteroatoms. The van der Waals surface area contributed by atoms with Gasteiger partial charge in [0.2, 0.25) is 0 Å². The number of hydrogen-bond acceptors (Lipinski definition) is 0. The van der Waals surface area contributed by atoms with Crippen LogP contribution in [0.5, 0.6) is 0 Å². The van der Waals surface area contributed by atoms with Crippen LogP contribution in [-0.2, 0) is 5.11 Å². The third-order valence-corrected chi connectivity index (χ3v) is 2.44. The van der Waals surface area contributed by atoms with Gasteiger partial charge in [-0.1, -0.05) is 20.3 Å². The molecular weight excluding hydrogens is 112 g/mol. The van der Waals surface area contributed by atoms with Gasteiger partial charge >= 0.3 is 0 Å². The first-order chi connectivity index (χ1) is 4.22. The molecule has 0 amide bonds. The molecule has 1 aliphatic rings. The van der Waals surface area contributed by atoms with Gasteiger partial charge in [-0.05, 0) is 24.7 Å². The second-order valence-corrected chi connectivity index (χ2v) is 3.35. The van der Waals surface area contributed by atoms with Crippen molar-refractivity contribution in [3.63, 3.8) is 0 Å². The highest BCUT2D eigenvalue weighted by Gasteiger charge is 2.26. The van der Waals surface area contributed by atoms with Crippen LogP contribution < -0.4 is 0 Å². The summed E-state index contributed by atoms with van der Waals surface area (Å²) in [5, 5.41) is 11.2. The zero-order chi connectivity index (χ0) is 6.85. The Morgan fingerprint density at radius 1 is 1.11 bits per heavy atom. The second-order valence-electron chi connectivity index (χ2n) is 3.35. The van der Waals surface area contributed by atoms with Gasteiger partial charge in [-0.25, -0.2) is 5.11 Å². The van der Waals surface area contributed by atoms with E-state index in [2.05, 4.69) is 13.8 Å². The summed E-state index contributed by atoms with van der Waals surface area (Å²) < 4.78 is 0. The van der Waals surface area contributed by atoms with E-state index in [0.717, 1.165) is 12.8 Å². The molecule has 0 aromatic carbocycles. The Hall–Kier alpha value is -0.0400. The molecule has 53 valence electrons. The summed E-state index contributed by atoms with van der Waals surface area (Å²) in [7, 11) is 0. The van der Waals surface area contributed by atoms with Crippen LogP contribution >= 0.6 is 0 Å². The van der Waals surface area contributed by atoms with Crippen molar-refractivity contribution in [3.8, 4) is 0 Å². The molecule has 1 fully saturated rings. The van der Waals surface area contributed by atoms with Crippen LogP contribution in [0.25, 0.3) is 0 Å². The van der Waals surface area contributed by atoms with Crippen molar-refractivity contribution in [2.24, 2.45) is 11.8 Å². The molecule has 0 N–H and O–H groups in total. The number of rotatable bonds is 0. The van der Waals surface area contributed by atoms with Crippen LogP contribution in [0, 0.1) is 11.8 Å². The zero-order valence-electron chi connectivity index (χ0n) is 6.26. The lowest BCUT2D eigenvalue weighted by atomic mass is 9.81. The molecule has 1 nitrogen and oxygen atoms in total. The Bertz CT molecular complexity index is 80.6. The van der Waals surface area contributed by atoms with E-state index in [9.17, 15) is 5.11 Å². The van der Waals surface area contributed by atoms with Crippen LogP contribution in [0.2, 0.25) is 0 Å². The first kappa shape index (κ1) is 7.07. The van der Waals surface area contributed by atoms with E-state index in [-0.39, 0.29) is 6.10 Å². The maximum Gasteiger partial charge on any atom is 0.0980 e. The highest BCUT2D eigenvalue weighted by Crippen LogP contribution is 2.28. The summed E-state index contributed by atoms with van der Waals surface area (Å²) in [6.45, 7) is 4.15. The molecule has 9 heavy (non-hydrogen) atoms. The molecule has 0 heterocycles. The lowest BCUT2D eigenvalue weighted by Gasteiger charge is -2.28. The minimum Gasteiger partial charge on any atom is -0.233 e. The molecule has 0 spiro atoms. The Kier molecular flexibility index (Phi) is 2.12. The van der Waals surface area contributed by atoms with E-state index in [1.54, 1.807) is 0 Å². The molecule has 1 rings (SSSR count). The van der Waals surface area contributed by atoms with Crippen LogP contribution in [0.3, 0.4) is 0 Å². The third kappa shape index (κ3) is 1.45. The fraction of sp³-hybridized carbons (Fsp3) is 1.00. The maximum atomic E-state index is 11.2. The first-order valence-electron chi connectivity index (χ1n) is 3.87. The molecule has 1 radical (unpaired) electrons. The van der Waals surface area contributed by atoms with Gasteiger partial charge in [-0.2, -0.15) is 0 Å². The zero-order valence-corrected chi connectivity index (χ0v) is 6.26. The maximum absolute atomic E-state index is 11.2. The molecule has 0 aliphatic heterocycles. The Morgan fingerprint density at radius 2 is 1.56 bits per heavy atom. The predicted octanol–water partition coefficient (Wildman–Crippen LogP) is 2.24. The molecule has 0 bridgehead atoms. The fourth-order valence-electron chi connectivity index (χ4n) is 1.65. The van der Waals surface area contributed by atoms with Crippen molar-refractivity contribution in [2.45, 2.75) is 39.2 Å². The smallest absolute Gasteiger partial charge is 0.0980 e. The van der Waals surface area contributed by atoms with E-state index in [1.165, 1.54) is 6.42 Å². The molecule has 1 saturated carbocycles. The minimum atomic E-state index is -0.279. The van der Waals surface area contributed by atoms with Crippen molar-refractivity contribution in [2.75, 3.05) is 0 Å². The summed E-state index contributed by atoms with van der Waals surface area (Å²) in [5.41, 5.74) is 0. The van der Waals surface area contributed by atoms with Gasteiger partial charge in [0, 0.05) is 0 Å². The second kappa shape index (κ2) is 2.70. The normalized spacial score (nSPS) is 45.0. The van der Waals surface area contributed by atoms with Crippen LogP contribution in [0.4, 0.5) is 0 Å². The molecule has 2 atom stereocenters. The topological polar surface area (TPSA) is 19.9 Å². The van der Waals surface area contributed by atoms with Gasteiger partial charge in [-0.3, -0.25) is 0 Å². The van der Waals surface area contributed by atoms with Gasteiger partial charge in [0.25, 0.3) is 0 Å². The van der Waals surface area contributed by atoms with Gasteiger partial charge in [0.05, 0.1) is 6.10 Å². The highest BCUT2D eigenvalue weighted by atomic mass is 16.3. The lowest BCUT2D eigenvalue weighted by Crippen LogP contribution is -2.28. The molecule has 1 aliphatic carbocycles. The molecule has 2 unspecified atom stereocenters. The SMILES string of the molecule is CC1CCCC(C)C1[O]. The van der Waals surface area contributed by atoms with Crippen molar-refractivity contribution in [3.05, 3.63) is 0 Å². The number of hydrogen-bond donors (Lipinski definition) is 0. The quantitative estimate of drug-likeness (QED) is 0.475. The molecule has 0 aromatic heterocycles. The molecular formula is C8H15O. The van der Waals surface area contributed by atoms with Crippen LogP contribution in [0.1, 0.15) is 33.1 Å². The van der Waals surface area contributed by atoms with Crippen molar-refractivity contribution < 1.29 is 5.11 Å². The van der Waals surface area contributed by atoms with Crippen LogP contribution in [-0.4, -0.2) is 6.10 Å². The Labute approximate surface area is 57.1 Å². The summed E-state index contributed by atoms with van der Waals surface area (Å²) in [4.78, 5) is 0. The summed E-state index contributed by atoms with van der Waals surface area (Å²) in [6, 6.07) is 0. The van der Waals surface area contributed by atoms with Gasteiger partial charge < -0.3 is 0 Å². The first-order valence-corrected chi connectivity index (χ1v) is 3.87. The summed E-state index contributed by atoms with van der Waals surface area (Å²) in [6.07, 6.45) is 3.29. The van der Waals surface area contributed by atoms with Crippen molar-refractivity contribution in [1.29, 1.82) is 0 Å². The van der Waals surface area contributed by atoms with Crippen molar-refractivity contribution in [1.82, 2.24) is 0 Å². The van der Waals surface area contributed by atoms with E-state index >= 15 is 0 Å². The van der Waals surface area contributed by atoms with Gasteiger partial charge in [0.1, 0.15) is 0 Å². The van der Waals surface area contributed by atoms with Gasteiger partial charge in [0.15, 0.2) is 0 Å². The van der Waals surface area contributed by atoms with E-state index in [1.807, 2.05) is 0 Å². The Balaban J connectivity index is 2.41. The predicted molar refractivity (Wildman–Crippen MR) is 36.7 cm³/mol. The third-order valence-electron chi connectivity index (χ3n) is 2.44.